The van der Waals surface area contributed by atoms with Crippen LogP contribution in [0.3, 0.4) is 0 Å². The largest absolute Gasteiger partial charge is 0.377 e. The molecule has 0 bridgehead atoms. The highest BCUT2D eigenvalue weighted by molar-refractivity contribution is 9.10. The molecule has 1 aliphatic heterocycles. The lowest BCUT2D eigenvalue weighted by Gasteiger charge is -2.46. The highest BCUT2D eigenvalue weighted by Gasteiger charge is 2.52. The number of rotatable bonds is 2. The molecule has 5 heteroatoms. The molecule has 2 aliphatic rings. The maximum absolute atomic E-state index is 9.17. The zero-order chi connectivity index (χ0) is 12.7. The summed E-state index contributed by atoms with van der Waals surface area (Å²) in [6, 6.07) is 8.09. The Labute approximate surface area is 114 Å². The average molecular weight is 308 g/mol. The van der Waals surface area contributed by atoms with Crippen molar-refractivity contribution in [1.29, 1.82) is 5.26 Å². The van der Waals surface area contributed by atoms with Gasteiger partial charge in [-0.05, 0) is 34.5 Å². The van der Waals surface area contributed by atoms with Gasteiger partial charge in [-0.25, -0.2) is 0 Å². The highest BCUT2D eigenvalue weighted by atomic mass is 79.9. The van der Waals surface area contributed by atoms with E-state index in [4.69, 9.17) is 10.5 Å². The SMILES string of the molecule is N#Cc1c(Br)cccc1NC1C(N)C2CCOC21. The number of fused-ring (bicyclic) bond motifs is 1. The summed E-state index contributed by atoms with van der Waals surface area (Å²) in [6.07, 6.45) is 1.25. The van der Waals surface area contributed by atoms with Crippen molar-refractivity contribution in [3.05, 3.63) is 28.2 Å². The first-order chi connectivity index (χ1) is 8.72. The van der Waals surface area contributed by atoms with Crippen LogP contribution in [0.1, 0.15) is 12.0 Å². The van der Waals surface area contributed by atoms with E-state index in [1.807, 2.05) is 18.2 Å². The molecule has 1 aromatic rings. The van der Waals surface area contributed by atoms with Crippen LogP contribution in [0, 0.1) is 17.2 Å². The molecule has 4 nitrogen and oxygen atoms in total. The molecule has 4 atom stereocenters. The second-order valence-corrected chi connectivity index (χ2v) is 5.66. The third-order valence-corrected chi connectivity index (χ3v) is 4.55. The molecule has 2 fully saturated rings. The molecular weight excluding hydrogens is 294 g/mol. The number of nitriles is 1. The molecule has 1 aliphatic carbocycles. The average Bonchev–Trinajstić information content (AvgIpc) is 2.80. The Hall–Kier alpha value is -1.09. The molecule has 3 N–H and O–H groups in total. The van der Waals surface area contributed by atoms with Crippen LogP contribution >= 0.6 is 15.9 Å². The summed E-state index contributed by atoms with van der Waals surface area (Å²) in [5, 5.41) is 12.5. The summed E-state index contributed by atoms with van der Waals surface area (Å²) in [7, 11) is 0. The van der Waals surface area contributed by atoms with Crippen molar-refractivity contribution in [2.24, 2.45) is 11.7 Å². The van der Waals surface area contributed by atoms with E-state index < -0.39 is 0 Å². The zero-order valence-corrected chi connectivity index (χ0v) is 11.4. The summed E-state index contributed by atoms with van der Waals surface area (Å²) < 4.78 is 6.47. The molecular formula is C13H14BrN3O. The van der Waals surface area contributed by atoms with Gasteiger partial charge in [-0.2, -0.15) is 5.26 Å². The fourth-order valence-electron chi connectivity index (χ4n) is 2.87. The number of halogens is 1. The second-order valence-electron chi connectivity index (χ2n) is 4.81. The molecule has 4 unspecified atom stereocenters. The number of nitrogens with two attached hydrogens (primary N) is 1. The summed E-state index contributed by atoms with van der Waals surface area (Å²) in [6.45, 7) is 0.796. The van der Waals surface area contributed by atoms with Gasteiger partial charge in [-0.3, -0.25) is 0 Å². The van der Waals surface area contributed by atoms with Gasteiger partial charge >= 0.3 is 0 Å². The number of hydrogen-bond acceptors (Lipinski definition) is 4. The van der Waals surface area contributed by atoms with Crippen LogP contribution in [-0.4, -0.2) is 24.8 Å². The zero-order valence-electron chi connectivity index (χ0n) is 9.77. The van der Waals surface area contributed by atoms with Crippen molar-refractivity contribution < 1.29 is 4.74 Å². The Balaban J connectivity index is 1.82. The molecule has 0 spiro atoms. The molecule has 0 radical (unpaired) electrons. The van der Waals surface area contributed by atoms with E-state index in [0.717, 1.165) is 23.2 Å². The fourth-order valence-corrected chi connectivity index (χ4v) is 3.32. The fraction of sp³-hybridized carbons (Fsp3) is 0.462. The first-order valence-electron chi connectivity index (χ1n) is 6.04. The van der Waals surface area contributed by atoms with Crippen molar-refractivity contribution in [3.8, 4) is 6.07 Å². The van der Waals surface area contributed by atoms with E-state index >= 15 is 0 Å². The molecule has 94 valence electrons. The lowest BCUT2D eigenvalue weighted by atomic mass is 9.72. The normalized spacial score (nSPS) is 33.4. The summed E-state index contributed by atoms with van der Waals surface area (Å²) in [5.41, 5.74) is 7.59. The van der Waals surface area contributed by atoms with Gasteiger partial charge in [0.25, 0.3) is 0 Å². The van der Waals surface area contributed by atoms with Gasteiger partial charge in [0.2, 0.25) is 0 Å². The van der Waals surface area contributed by atoms with Crippen molar-refractivity contribution in [2.45, 2.75) is 24.6 Å². The topological polar surface area (TPSA) is 71.1 Å². The standard InChI is InChI=1S/C13H14BrN3O/c14-9-2-1-3-10(8(9)6-15)17-12-11(16)7-4-5-18-13(7)12/h1-3,7,11-13,17H,4-5,16H2. The monoisotopic (exact) mass is 307 g/mol. The number of nitrogens with one attached hydrogen (secondary N) is 1. The van der Waals surface area contributed by atoms with Crippen LogP contribution in [0.25, 0.3) is 0 Å². The minimum atomic E-state index is 0.110. The molecule has 3 rings (SSSR count). The summed E-state index contributed by atoms with van der Waals surface area (Å²) in [4.78, 5) is 0. The Morgan fingerprint density at radius 3 is 3.11 bits per heavy atom. The predicted octanol–water partition coefficient (Wildman–Crippen LogP) is 1.85. The lowest BCUT2D eigenvalue weighted by Crippen LogP contribution is -2.65. The predicted molar refractivity (Wildman–Crippen MR) is 72.1 cm³/mol. The number of benzene rings is 1. The van der Waals surface area contributed by atoms with Crippen LogP contribution in [0.5, 0.6) is 0 Å². The molecule has 18 heavy (non-hydrogen) atoms. The maximum Gasteiger partial charge on any atom is 0.103 e. The number of ether oxygens (including phenoxy) is 1. The van der Waals surface area contributed by atoms with Crippen molar-refractivity contribution in [3.63, 3.8) is 0 Å². The third kappa shape index (κ3) is 1.72. The van der Waals surface area contributed by atoms with Gasteiger partial charge in [0.1, 0.15) is 6.07 Å². The third-order valence-electron chi connectivity index (χ3n) is 3.89. The Kier molecular flexibility index (Phi) is 3.02. The van der Waals surface area contributed by atoms with Gasteiger partial charge in [0.15, 0.2) is 0 Å². The van der Waals surface area contributed by atoms with Crippen LogP contribution in [0.15, 0.2) is 22.7 Å². The lowest BCUT2D eigenvalue weighted by molar-refractivity contribution is 0.00537. The molecule has 1 heterocycles. The second kappa shape index (κ2) is 4.54. The van der Waals surface area contributed by atoms with E-state index in [2.05, 4.69) is 27.3 Å². The van der Waals surface area contributed by atoms with Gasteiger partial charge in [0.05, 0.1) is 23.4 Å². The molecule has 1 saturated heterocycles. The van der Waals surface area contributed by atoms with E-state index in [1.54, 1.807) is 0 Å². The van der Waals surface area contributed by atoms with Crippen LogP contribution in [0.4, 0.5) is 5.69 Å². The maximum atomic E-state index is 9.17. The van der Waals surface area contributed by atoms with Crippen LogP contribution < -0.4 is 11.1 Å². The van der Waals surface area contributed by atoms with Gasteiger partial charge in [-0.1, -0.05) is 6.07 Å². The minimum Gasteiger partial charge on any atom is -0.377 e. The first-order valence-corrected chi connectivity index (χ1v) is 6.84. The number of anilines is 1. The minimum absolute atomic E-state index is 0.110. The quantitative estimate of drug-likeness (QED) is 0.874. The Morgan fingerprint density at radius 2 is 2.33 bits per heavy atom. The molecule has 1 aromatic carbocycles. The highest BCUT2D eigenvalue weighted by Crippen LogP contribution is 2.40. The smallest absolute Gasteiger partial charge is 0.103 e. The van der Waals surface area contributed by atoms with Crippen molar-refractivity contribution in [1.82, 2.24) is 0 Å². The van der Waals surface area contributed by atoms with E-state index in [0.29, 0.717) is 11.5 Å². The van der Waals surface area contributed by atoms with Crippen LogP contribution in [0.2, 0.25) is 0 Å². The summed E-state index contributed by atoms with van der Waals surface area (Å²) >= 11 is 3.38. The first kappa shape index (κ1) is 12.0. The van der Waals surface area contributed by atoms with Crippen molar-refractivity contribution >= 4 is 21.6 Å². The number of hydrogen-bond donors (Lipinski definition) is 2. The molecule has 1 saturated carbocycles. The van der Waals surface area contributed by atoms with E-state index in [1.165, 1.54) is 0 Å². The summed E-state index contributed by atoms with van der Waals surface area (Å²) in [5.74, 6) is 0.472. The van der Waals surface area contributed by atoms with Gasteiger partial charge < -0.3 is 15.8 Å². The van der Waals surface area contributed by atoms with Gasteiger partial charge in [-0.15, -0.1) is 0 Å². The van der Waals surface area contributed by atoms with E-state index in [9.17, 15) is 5.26 Å². The van der Waals surface area contributed by atoms with Crippen LogP contribution in [-0.2, 0) is 4.74 Å². The number of nitrogens with zero attached hydrogens (tertiary/aromatic N) is 1. The van der Waals surface area contributed by atoms with Gasteiger partial charge in [0, 0.05) is 23.0 Å². The molecule has 0 amide bonds. The Bertz CT molecular complexity index is 513. The Morgan fingerprint density at radius 1 is 1.50 bits per heavy atom. The van der Waals surface area contributed by atoms with Crippen molar-refractivity contribution in [2.75, 3.05) is 11.9 Å². The molecule has 0 aromatic heterocycles. The van der Waals surface area contributed by atoms with E-state index in [-0.39, 0.29) is 18.2 Å².